The molecule has 3 fully saturated rings. The summed E-state index contributed by atoms with van der Waals surface area (Å²) in [6.45, 7) is 1.88. The summed E-state index contributed by atoms with van der Waals surface area (Å²) in [5, 5.41) is 19.5. The van der Waals surface area contributed by atoms with Crippen molar-refractivity contribution in [3.8, 4) is 5.75 Å². The standard InChI is InChI=1S/C35H44F4O4/c1-2-3-29(40)28-17-16-26(31(36)33(28)38)23-12-14-25(15-13-23)43-35(42)24-10-6-21(7-11-24)20-4-8-22(9-5-20)27-18-19-30(41)34(39)32(27)37/h16-25,29,40-41H,2-15H2,1H3. The van der Waals surface area contributed by atoms with Crippen LogP contribution in [-0.4, -0.2) is 22.3 Å². The molecule has 43 heavy (non-hydrogen) atoms. The van der Waals surface area contributed by atoms with Gasteiger partial charge in [0.15, 0.2) is 23.2 Å². The minimum Gasteiger partial charge on any atom is -0.505 e. The molecule has 0 amide bonds. The molecule has 0 bridgehead atoms. The fourth-order valence-corrected chi connectivity index (χ4v) is 7.93. The van der Waals surface area contributed by atoms with Gasteiger partial charge in [-0.25, -0.2) is 13.2 Å². The predicted molar refractivity (Wildman–Crippen MR) is 155 cm³/mol. The van der Waals surface area contributed by atoms with Crippen LogP contribution in [0.1, 0.15) is 131 Å². The van der Waals surface area contributed by atoms with Crippen LogP contribution in [0.25, 0.3) is 0 Å². The Kier molecular flexibility index (Phi) is 10.4. The van der Waals surface area contributed by atoms with Crippen LogP contribution in [0.15, 0.2) is 24.3 Å². The number of benzene rings is 2. The number of aliphatic hydroxyl groups is 1. The van der Waals surface area contributed by atoms with Gasteiger partial charge in [0, 0.05) is 5.56 Å². The number of hydrogen-bond acceptors (Lipinski definition) is 4. The highest BCUT2D eigenvalue weighted by Crippen LogP contribution is 2.45. The number of rotatable bonds is 8. The van der Waals surface area contributed by atoms with E-state index in [9.17, 15) is 32.6 Å². The molecule has 4 nitrogen and oxygen atoms in total. The Morgan fingerprint density at radius 1 is 0.744 bits per heavy atom. The lowest BCUT2D eigenvalue weighted by molar-refractivity contribution is -0.157. The van der Waals surface area contributed by atoms with Crippen LogP contribution in [0.3, 0.4) is 0 Å². The van der Waals surface area contributed by atoms with Crippen LogP contribution in [0, 0.1) is 41.0 Å². The first kappa shape index (κ1) is 31.8. The summed E-state index contributed by atoms with van der Waals surface area (Å²) in [6.07, 6.45) is 9.24. The van der Waals surface area contributed by atoms with Gasteiger partial charge in [0.1, 0.15) is 6.10 Å². The number of aliphatic hydroxyl groups excluding tert-OH is 1. The van der Waals surface area contributed by atoms with Crippen molar-refractivity contribution in [2.45, 2.75) is 121 Å². The third kappa shape index (κ3) is 7.05. The molecule has 0 saturated heterocycles. The molecule has 236 valence electrons. The van der Waals surface area contributed by atoms with Crippen LogP contribution >= 0.6 is 0 Å². The summed E-state index contributed by atoms with van der Waals surface area (Å²) in [7, 11) is 0. The normalized spacial score (nSPS) is 28.8. The maximum atomic E-state index is 14.9. The number of carbonyl (C=O) groups is 1. The lowest BCUT2D eigenvalue weighted by Crippen LogP contribution is -2.32. The highest BCUT2D eigenvalue weighted by Gasteiger charge is 2.36. The van der Waals surface area contributed by atoms with Gasteiger partial charge in [0.05, 0.1) is 12.0 Å². The Morgan fingerprint density at radius 2 is 1.26 bits per heavy atom. The molecule has 5 rings (SSSR count). The number of phenolic OH excluding ortho intramolecular Hbond substituents is 1. The molecule has 0 radical (unpaired) electrons. The average molecular weight is 605 g/mol. The first-order valence-electron chi connectivity index (χ1n) is 16.2. The quantitative estimate of drug-likeness (QED) is 0.233. The van der Waals surface area contributed by atoms with E-state index in [1.54, 1.807) is 6.07 Å². The Hall–Kier alpha value is -2.61. The van der Waals surface area contributed by atoms with Gasteiger partial charge < -0.3 is 14.9 Å². The topological polar surface area (TPSA) is 66.8 Å². The third-order valence-electron chi connectivity index (χ3n) is 10.5. The van der Waals surface area contributed by atoms with E-state index in [1.807, 2.05) is 6.92 Å². The minimum atomic E-state index is -1.17. The smallest absolute Gasteiger partial charge is 0.309 e. The van der Waals surface area contributed by atoms with Gasteiger partial charge in [-0.05, 0) is 124 Å². The van der Waals surface area contributed by atoms with Crippen molar-refractivity contribution in [1.82, 2.24) is 0 Å². The second-order valence-corrected chi connectivity index (χ2v) is 13.1. The van der Waals surface area contributed by atoms with Crippen LogP contribution in [0.5, 0.6) is 5.75 Å². The zero-order valence-electron chi connectivity index (χ0n) is 25.0. The van der Waals surface area contributed by atoms with Gasteiger partial charge in [0.2, 0.25) is 5.82 Å². The molecule has 0 heterocycles. The van der Waals surface area contributed by atoms with Gasteiger partial charge in [-0.2, -0.15) is 4.39 Å². The van der Waals surface area contributed by atoms with Crippen LogP contribution in [0.2, 0.25) is 0 Å². The van der Waals surface area contributed by atoms with Gasteiger partial charge in [-0.1, -0.05) is 31.5 Å². The Balaban J connectivity index is 1.05. The fraction of sp³-hybridized carbons (Fsp3) is 0.629. The van der Waals surface area contributed by atoms with E-state index in [4.69, 9.17) is 4.74 Å². The zero-order valence-corrected chi connectivity index (χ0v) is 25.0. The molecule has 2 N–H and O–H groups in total. The number of halogens is 4. The van der Waals surface area contributed by atoms with Crippen LogP contribution < -0.4 is 0 Å². The van der Waals surface area contributed by atoms with Gasteiger partial charge in [-0.15, -0.1) is 0 Å². The molecule has 2 aromatic rings. The highest BCUT2D eigenvalue weighted by molar-refractivity contribution is 5.72. The van der Waals surface area contributed by atoms with E-state index >= 15 is 0 Å². The molecule has 0 spiro atoms. The molecule has 2 aromatic carbocycles. The van der Waals surface area contributed by atoms with E-state index < -0.39 is 35.1 Å². The molecule has 3 aliphatic rings. The summed E-state index contributed by atoms with van der Waals surface area (Å²) in [4.78, 5) is 13.0. The lowest BCUT2D eigenvalue weighted by atomic mass is 9.68. The van der Waals surface area contributed by atoms with E-state index in [0.717, 1.165) is 51.4 Å². The van der Waals surface area contributed by atoms with Crippen molar-refractivity contribution in [3.05, 3.63) is 64.2 Å². The molecule has 3 aliphatic carbocycles. The van der Waals surface area contributed by atoms with Gasteiger partial charge in [-0.3, -0.25) is 4.79 Å². The molecule has 0 aromatic heterocycles. The summed E-state index contributed by atoms with van der Waals surface area (Å²) in [5.74, 6) is -4.01. The van der Waals surface area contributed by atoms with Crippen molar-refractivity contribution in [2.75, 3.05) is 0 Å². The van der Waals surface area contributed by atoms with Crippen LogP contribution in [0.4, 0.5) is 17.6 Å². The molecular weight excluding hydrogens is 560 g/mol. The number of phenols is 1. The highest BCUT2D eigenvalue weighted by atomic mass is 19.2. The third-order valence-corrected chi connectivity index (χ3v) is 10.5. The monoisotopic (exact) mass is 604 g/mol. The fourth-order valence-electron chi connectivity index (χ4n) is 7.93. The van der Waals surface area contributed by atoms with Gasteiger partial charge >= 0.3 is 5.97 Å². The van der Waals surface area contributed by atoms with E-state index in [1.165, 1.54) is 18.2 Å². The summed E-state index contributed by atoms with van der Waals surface area (Å²) < 4.78 is 63.7. The maximum absolute atomic E-state index is 14.9. The molecule has 3 saturated carbocycles. The maximum Gasteiger partial charge on any atom is 0.309 e. The first-order valence-corrected chi connectivity index (χ1v) is 16.2. The number of hydrogen-bond donors (Lipinski definition) is 2. The second kappa shape index (κ2) is 14.0. The lowest BCUT2D eigenvalue weighted by Gasteiger charge is -2.38. The summed E-state index contributed by atoms with van der Waals surface area (Å²) >= 11 is 0. The van der Waals surface area contributed by atoms with Crippen LogP contribution in [-0.2, 0) is 9.53 Å². The van der Waals surface area contributed by atoms with Crippen molar-refractivity contribution >= 4 is 5.97 Å². The minimum absolute atomic E-state index is 0.00859. The van der Waals surface area contributed by atoms with Crippen molar-refractivity contribution in [3.63, 3.8) is 0 Å². The predicted octanol–water partition coefficient (Wildman–Crippen LogP) is 9.13. The van der Waals surface area contributed by atoms with E-state index in [2.05, 4.69) is 0 Å². The number of ether oxygens (including phenoxy) is 1. The van der Waals surface area contributed by atoms with Gasteiger partial charge in [0.25, 0.3) is 0 Å². The summed E-state index contributed by atoms with van der Waals surface area (Å²) in [6, 6.07) is 5.82. The van der Waals surface area contributed by atoms with Crippen molar-refractivity contribution in [2.24, 2.45) is 17.8 Å². The second-order valence-electron chi connectivity index (χ2n) is 13.1. The number of esters is 1. The largest absolute Gasteiger partial charge is 0.505 e. The SMILES string of the molecule is CCCC(O)c1ccc(C2CCC(OC(=O)C3CCC(C4CCC(c5ccc(O)c(F)c5F)CC4)CC3)CC2)c(F)c1F. The molecular formula is C35H44F4O4. The van der Waals surface area contributed by atoms with E-state index in [0.29, 0.717) is 61.5 Å². The molecule has 1 unspecified atom stereocenters. The van der Waals surface area contributed by atoms with Crippen molar-refractivity contribution < 1.29 is 37.3 Å². The number of aromatic hydroxyl groups is 1. The zero-order chi connectivity index (χ0) is 30.7. The summed E-state index contributed by atoms with van der Waals surface area (Å²) in [5.41, 5.74) is 0.698. The molecule has 8 heteroatoms. The molecule has 1 atom stereocenters. The average Bonchev–Trinajstić information content (AvgIpc) is 3.02. The Labute approximate surface area is 251 Å². The Morgan fingerprint density at radius 3 is 1.84 bits per heavy atom. The first-order chi connectivity index (χ1) is 20.7. The Bertz CT molecular complexity index is 1260. The number of carbonyl (C=O) groups excluding carboxylic acids is 1. The van der Waals surface area contributed by atoms with E-state index in [-0.39, 0.29) is 35.4 Å². The van der Waals surface area contributed by atoms with Crippen molar-refractivity contribution in [1.29, 1.82) is 0 Å². The molecule has 0 aliphatic heterocycles.